The van der Waals surface area contributed by atoms with Crippen molar-refractivity contribution in [3.63, 3.8) is 0 Å². The van der Waals surface area contributed by atoms with Gasteiger partial charge in [-0.05, 0) is 35.9 Å². The molecule has 0 aliphatic heterocycles. The number of pyridine rings is 2. The molecule has 0 fully saturated rings. The van der Waals surface area contributed by atoms with Crippen LogP contribution < -0.4 is 15.0 Å². The van der Waals surface area contributed by atoms with Crippen LogP contribution in [0.5, 0.6) is 5.88 Å². The monoisotopic (exact) mass is 348 g/mol. The first kappa shape index (κ1) is 17.4. The Morgan fingerprint density at radius 1 is 1.08 bits per heavy atom. The second kappa shape index (κ2) is 8.62. The van der Waals surface area contributed by atoms with Gasteiger partial charge in [0.05, 0.1) is 13.7 Å². The summed E-state index contributed by atoms with van der Waals surface area (Å²) < 4.78 is 5.18. The lowest BCUT2D eigenvalue weighted by molar-refractivity contribution is -0.115. The van der Waals surface area contributed by atoms with Crippen molar-refractivity contribution in [1.82, 2.24) is 9.97 Å². The summed E-state index contributed by atoms with van der Waals surface area (Å²) in [5.41, 5.74) is 2.54. The summed E-state index contributed by atoms with van der Waals surface area (Å²) in [6.07, 6.45) is 5.16. The number of methoxy groups -OCH3 is 1. The van der Waals surface area contributed by atoms with Crippen LogP contribution in [-0.4, -0.2) is 29.5 Å². The van der Waals surface area contributed by atoms with Crippen molar-refractivity contribution in [2.24, 2.45) is 0 Å². The van der Waals surface area contributed by atoms with E-state index in [1.807, 2.05) is 47.4 Å². The van der Waals surface area contributed by atoms with Crippen molar-refractivity contribution in [3.05, 3.63) is 78.8 Å². The molecule has 0 unspecified atom stereocenters. The van der Waals surface area contributed by atoms with Gasteiger partial charge < -0.3 is 15.0 Å². The van der Waals surface area contributed by atoms with E-state index in [-0.39, 0.29) is 12.5 Å². The highest BCUT2D eigenvalue weighted by molar-refractivity contribution is 5.95. The average molecular weight is 348 g/mol. The third kappa shape index (κ3) is 4.57. The van der Waals surface area contributed by atoms with E-state index in [1.165, 1.54) is 7.11 Å². The molecule has 3 aromatic rings. The summed E-state index contributed by atoms with van der Waals surface area (Å²) in [6.45, 7) is 0.770. The first-order valence-electron chi connectivity index (χ1n) is 8.24. The zero-order valence-electron chi connectivity index (χ0n) is 14.5. The van der Waals surface area contributed by atoms with Gasteiger partial charge >= 0.3 is 0 Å². The predicted molar refractivity (Wildman–Crippen MR) is 101 cm³/mol. The normalized spacial score (nSPS) is 10.2. The fourth-order valence-electron chi connectivity index (χ4n) is 2.60. The minimum Gasteiger partial charge on any atom is -0.480 e. The van der Waals surface area contributed by atoms with Crippen molar-refractivity contribution in [3.8, 4) is 5.88 Å². The van der Waals surface area contributed by atoms with Crippen molar-refractivity contribution in [2.75, 3.05) is 23.9 Å². The fourth-order valence-corrected chi connectivity index (χ4v) is 2.60. The molecule has 2 heterocycles. The zero-order chi connectivity index (χ0) is 18.2. The maximum atomic E-state index is 12.6. The number of nitrogens with zero attached hydrogens (tertiary/aromatic N) is 3. The predicted octanol–water partition coefficient (Wildman–Crippen LogP) is 3.13. The molecule has 1 amide bonds. The number of ether oxygens (including phenoxy) is 1. The zero-order valence-corrected chi connectivity index (χ0v) is 14.5. The first-order valence-corrected chi connectivity index (χ1v) is 8.24. The molecular formula is C20H20N4O2. The minimum atomic E-state index is -0.149. The van der Waals surface area contributed by atoms with E-state index in [1.54, 1.807) is 30.7 Å². The lowest BCUT2D eigenvalue weighted by atomic mass is 10.2. The summed E-state index contributed by atoms with van der Waals surface area (Å²) in [4.78, 5) is 22.8. The molecule has 0 aliphatic rings. The smallest absolute Gasteiger partial charge is 0.244 e. The SMILES string of the molecule is COc1ncccc1NC(=O)CN(Cc1cccnc1)c1ccccc1. The Balaban J connectivity index is 1.75. The molecule has 0 bridgehead atoms. The number of amides is 1. The van der Waals surface area contributed by atoms with Crippen LogP contribution in [0.3, 0.4) is 0 Å². The van der Waals surface area contributed by atoms with Crippen molar-refractivity contribution in [1.29, 1.82) is 0 Å². The van der Waals surface area contributed by atoms with Gasteiger partial charge in [-0.1, -0.05) is 24.3 Å². The number of anilines is 2. The highest BCUT2D eigenvalue weighted by atomic mass is 16.5. The van der Waals surface area contributed by atoms with E-state index in [9.17, 15) is 4.79 Å². The molecule has 6 heteroatoms. The van der Waals surface area contributed by atoms with Gasteiger partial charge in [0.25, 0.3) is 0 Å². The summed E-state index contributed by atoms with van der Waals surface area (Å²) in [6, 6.07) is 17.2. The molecule has 2 aromatic heterocycles. The maximum Gasteiger partial charge on any atom is 0.244 e. The van der Waals surface area contributed by atoms with Gasteiger partial charge in [0.2, 0.25) is 11.8 Å². The largest absolute Gasteiger partial charge is 0.480 e. The van der Waals surface area contributed by atoms with Crippen LogP contribution >= 0.6 is 0 Å². The van der Waals surface area contributed by atoms with Gasteiger partial charge in [-0.25, -0.2) is 4.98 Å². The molecule has 0 atom stereocenters. The van der Waals surface area contributed by atoms with Crippen LogP contribution in [0.1, 0.15) is 5.56 Å². The molecule has 0 saturated heterocycles. The Labute approximate surface area is 152 Å². The molecule has 1 N–H and O–H groups in total. The van der Waals surface area contributed by atoms with Gasteiger partial charge in [-0.3, -0.25) is 9.78 Å². The van der Waals surface area contributed by atoms with Crippen molar-refractivity contribution >= 4 is 17.3 Å². The van der Waals surface area contributed by atoms with Gasteiger partial charge in [-0.15, -0.1) is 0 Å². The summed E-state index contributed by atoms with van der Waals surface area (Å²) in [5.74, 6) is 0.239. The lowest BCUT2D eigenvalue weighted by Crippen LogP contribution is -2.33. The molecule has 132 valence electrons. The number of rotatable bonds is 7. The Bertz CT molecular complexity index is 841. The van der Waals surface area contributed by atoms with Crippen LogP contribution in [0.15, 0.2) is 73.2 Å². The topological polar surface area (TPSA) is 67.3 Å². The van der Waals surface area contributed by atoms with E-state index in [0.717, 1.165) is 11.3 Å². The Morgan fingerprint density at radius 3 is 2.62 bits per heavy atom. The fraction of sp³-hybridized carbons (Fsp3) is 0.150. The molecule has 0 saturated carbocycles. The van der Waals surface area contributed by atoms with Crippen molar-refractivity contribution in [2.45, 2.75) is 6.54 Å². The molecule has 3 rings (SSSR count). The third-order valence-electron chi connectivity index (χ3n) is 3.79. The number of hydrogen-bond acceptors (Lipinski definition) is 5. The van der Waals surface area contributed by atoms with E-state index < -0.39 is 0 Å². The quantitative estimate of drug-likeness (QED) is 0.710. The Morgan fingerprint density at radius 2 is 1.88 bits per heavy atom. The van der Waals surface area contributed by atoms with Gasteiger partial charge in [0.1, 0.15) is 5.69 Å². The van der Waals surface area contributed by atoms with Crippen LogP contribution in [-0.2, 0) is 11.3 Å². The molecule has 0 radical (unpaired) electrons. The molecule has 1 aromatic carbocycles. The molecule has 6 nitrogen and oxygen atoms in total. The second-order valence-corrected chi connectivity index (χ2v) is 5.66. The number of carbonyl (C=O) groups is 1. The van der Waals surface area contributed by atoms with Crippen molar-refractivity contribution < 1.29 is 9.53 Å². The standard InChI is InChI=1S/C20H20N4O2/c1-26-20-18(10-6-12-22-20)23-19(25)15-24(17-8-3-2-4-9-17)14-16-7-5-11-21-13-16/h2-13H,14-15H2,1H3,(H,23,25). The number of carbonyl (C=O) groups excluding carboxylic acids is 1. The van der Waals surface area contributed by atoms with Gasteiger partial charge in [0.15, 0.2) is 0 Å². The summed E-state index contributed by atoms with van der Waals surface area (Å²) in [5, 5.41) is 2.86. The highest BCUT2D eigenvalue weighted by Crippen LogP contribution is 2.21. The maximum absolute atomic E-state index is 12.6. The first-order chi connectivity index (χ1) is 12.8. The summed E-state index contributed by atoms with van der Waals surface area (Å²) >= 11 is 0. The highest BCUT2D eigenvalue weighted by Gasteiger charge is 2.14. The summed E-state index contributed by atoms with van der Waals surface area (Å²) in [7, 11) is 1.52. The van der Waals surface area contributed by atoms with E-state index in [0.29, 0.717) is 18.1 Å². The van der Waals surface area contributed by atoms with Gasteiger partial charge in [0, 0.05) is 30.8 Å². The number of benzene rings is 1. The number of aromatic nitrogens is 2. The number of nitrogens with one attached hydrogen (secondary N) is 1. The minimum absolute atomic E-state index is 0.149. The molecular weight excluding hydrogens is 328 g/mol. The lowest BCUT2D eigenvalue weighted by Gasteiger charge is -2.24. The Kier molecular flexibility index (Phi) is 5.77. The molecule has 0 spiro atoms. The van der Waals surface area contributed by atoms with Crippen LogP contribution in [0.25, 0.3) is 0 Å². The van der Waals surface area contributed by atoms with Crippen LogP contribution in [0.2, 0.25) is 0 Å². The van der Waals surface area contributed by atoms with Gasteiger partial charge in [-0.2, -0.15) is 0 Å². The second-order valence-electron chi connectivity index (χ2n) is 5.66. The van der Waals surface area contributed by atoms with Crippen LogP contribution in [0, 0.1) is 0 Å². The van der Waals surface area contributed by atoms with E-state index in [2.05, 4.69) is 15.3 Å². The third-order valence-corrected chi connectivity index (χ3v) is 3.79. The number of hydrogen-bond donors (Lipinski definition) is 1. The average Bonchev–Trinajstić information content (AvgIpc) is 2.69. The van der Waals surface area contributed by atoms with E-state index >= 15 is 0 Å². The van der Waals surface area contributed by atoms with E-state index in [4.69, 9.17) is 4.74 Å². The molecule has 0 aliphatic carbocycles. The Hall–Kier alpha value is -3.41. The van der Waals surface area contributed by atoms with Crippen LogP contribution in [0.4, 0.5) is 11.4 Å². The molecule has 26 heavy (non-hydrogen) atoms. The number of para-hydroxylation sites is 1.